The maximum atomic E-state index is 4.20. The highest BCUT2D eigenvalue weighted by molar-refractivity contribution is 7.99. The molecular weight excluding hydrogens is 218 g/mol. The average Bonchev–Trinajstić information content (AvgIpc) is 2.90. The first-order valence-corrected chi connectivity index (χ1v) is 7.25. The third-order valence-electron chi connectivity index (χ3n) is 3.12. The van der Waals surface area contributed by atoms with Gasteiger partial charge in [0.2, 0.25) is 0 Å². The van der Waals surface area contributed by atoms with Crippen molar-refractivity contribution >= 4 is 11.8 Å². The van der Waals surface area contributed by atoms with E-state index in [2.05, 4.69) is 29.1 Å². The Balaban J connectivity index is 1.60. The molecular formula is C12H21N3S. The SMILES string of the molecule is CCSC1CCC(NCCn2cccn2)C1. The van der Waals surface area contributed by atoms with Crippen LogP contribution < -0.4 is 5.32 Å². The van der Waals surface area contributed by atoms with Gasteiger partial charge in [0.1, 0.15) is 0 Å². The summed E-state index contributed by atoms with van der Waals surface area (Å²) in [4.78, 5) is 0. The van der Waals surface area contributed by atoms with Gasteiger partial charge in [-0.25, -0.2) is 0 Å². The van der Waals surface area contributed by atoms with E-state index in [4.69, 9.17) is 0 Å². The molecule has 0 bridgehead atoms. The van der Waals surface area contributed by atoms with Crippen LogP contribution in [0.4, 0.5) is 0 Å². The van der Waals surface area contributed by atoms with Gasteiger partial charge < -0.3 is 5.32 Å². The average molecular weight is 239 g/mol. The van der Waals surface area contributed by atoms with Crippen LogP contribution >= 0.6 is 11.8 Å². The van der Waals surface area contributed by atoms with Gasteiger partial charge in [0.15, 0.2) is 0 Å². The maximum Gasteiger partial charge on any atom is 0.0534 e. The van der Waals surface area contributed by atoms with Gasteiger partial charge in [-0.15, -0.1) is 0 Å². The van der Waals surface area contributed by atoms with Crippen LogP contribution in [0.15, 0.2) is 18.5 Å². The van der Waals surface area contributed by atoms with Crippen LogP contribution in [0.3, 0.4) is 0 Å². The van der Waals surface area contributed by atoms with Gasteiger partial charge >= 0.3 is 0 Å². The second-order valence-corrected chi connectivity index (χ2v) is 5.89. The highest BCUT2D eigenvalue weighted by Crippen LogP contribution is 2.29. The largest absolute Gasteiger partial charge is 0.312 e. The van der Waals surface area contributed by atoms with Crippen LogP contribution in [0.2, 0.25) is 0 Å². The lowest BCUT2D eigenvalue weighted by molar-refractivity contribution is 0.481. The molecule has 0 aromatic carbocycles. The number of hydrogen-bond donors (Lipinski definition) is 1. The van der Waals surface area contributed by atoms with Crippen LogP contribution in [-0.4, -0.2) is 33.4 Å². The molecule has 1 aliphatic carbocycles. The molecule has 2 unspecified atom stereocenters. The molecule has 0 radical (unpaired) electrons. The van der Waals surface area contributed by atoms with Crippen LogP contribution in [-0.2, 0) is 6.54 Å². The fourth-order valence-electron chi connectivity index (χ4n) is 2.33. The summed E-state index contributed by atoms with van der Waals surface area (Å²) in [6, 6.07) is 2.71. The van der Waals surface area contributed by atoms with Crippen molar-refractivity contribution in [2.45, 2.75) is 44.0 Å². The number of nitrogens with zero attached hydrogens (tertiary/aromatic N) is 2. The summed E-state index contributed by atoms with van der Waals surface area (Å²) in [5, 5.41) is 8.73. The van der Waals surface area contributed by atoms with Gasteiger partial charge in [0.05, 0.1) is 6.54 Å². The van der Waals surface area contributed by atoms with Crippen molar-refractivity contribution in [1.82, 2.24) is 15.1 Å². The Morgan fingerprint density at radius 1 is 1.50 bits per heavy atom. The summed E-state index contributed by atoms with van der Waals surface area (Å²) in [5.41, 5.74) is 0. The second kappa shape index (κ2) is 6.30. The minimum absolute atomic E-state index is 0.736. The van der Waals surface area contributed by atoms with Gasteiger partial charge in [-0.05, 0) is 31.1 Å². The smallest absolute Gasteiger partial charge is 0.0534 e. The monoisotopic (exact) mass is 239 g/mol. The number of thioether (sulfide) groups is 1. The number of aromatic nitrogens is 2. The summed E-state index contributed by atoms with van der Waals surface area (Å²) < 4.78 is 1.99. The molecule has 0 saturated heterocycles. The first kappa shape index (κ1) is 12.0. The third-order valence-corrected chi connectivity index (χ3v) is 4.35. The van der Waals surface area contributed by atoms with Crippen LogP contribution in [0.1, 0.15) is 26.2 Å². The topological polar surface area (TPSA) is 29.9 Å². The Morgan fingerprint density at radius 2 is 2.44 bits per heavy atom. The van der Waals surface area contributed by atoms with Crippen LogP contribution in [0.5, 0.6) is 0 Å². The maximum absolute atomic E-state index is 4.20. The molecule has 16 heavy (non-hydrogen) atoms. The van der Waals surface area contributed by atoms with E-state index < -0.39 is 0 Å². The first-order valence-electron chi connectivity index (χ1n) is 6.21. The predicted molar refractivity (Wildman–Crippen MR) is 69.8 cm³/mol. The normalized spacial score (nSPS) is 25.1. The molecule has 2 rings (SSSR count). The van der Waals surface area contributed by atoms with E-state index in [0.717, 1.165) is 24.4 Å². The Kier molecular flexibility index (Phi) is 4.72. The molecule has 1 saturated carbocycles. The molecule has 1 aliphatic rings. The van der Waals surface area contributed by atoms with Crippen molar-refractivity contribution in [1.29, 1.82) is 0 Å². The van der Waals surface area contributed by atoms with E-state index in [9.17, 15) is 0 Å². The molecule has 1 N–H and O–H groups in total. The van der Waals surface area contributed by atoms with E-state index >= 15 is 0 Å². The zero-order chi connectivity index (χ0) is 11.2. The zero-order valence-corrected chi connectivity index (χ0v) is 10.7. The summed E-state index contributed by atoms with van der Waals surface area (Å²) in [7, 11) is 0. The van der Waals surface area contributed by atoms with E-state index in [-0.39, 0.29) is 0 Å². The van der Waals surface area contributed by atoms with Gasteiger partial charge in [-0.2, -0.15) is 16.9 Å². The van der Waals surface area contributed by atoms with Crippen molar-refractivity contribution < 1.29 is 0 Å². The van der Waals surface area contributed by atoms with E-state index in [1.807, 2.05) is 23.1 Å². The van der Waals surface area contributed by atoms with E-state index in [0.29, 0.717) is 0 Å². The fourth-order valence-corrected chi connectivity index (χ4v) is 3.47. The summed E-state index contributed by atoms with van der Waals surface area (Å²) >= 11 is 2.12. The quantitative estimate of drug-likeness (QED) is 0.825. The van der Waals surface area contributed by atoms with Crippen molar-refractivity contribution in [2.24, 2.45) is 0 Å². The Morgan fingerprint density at radius 3 is 3.19 bits per heavy atom. The Labute approximate surface area is 102 Å². The van der Waals surface area contributed by atoms with Gasteiger partial charge in [-0.1, -0.05) is 6.92 Å². The van der Waals surface area contributed by atoms with E-state index in [1.54, 1.807) is 0 Å². The van der Waals surface area contributed by atoms with E-state index in [1.165, 1.54) is 25.0 Å². The molecule has 0 aliphatic heterocycles. The number of hydrogen-bond acceptors (Lipinski definition) is 3. The third kappa shape index (κ3) is 3.52. The lowest BCUT2D eigenvalue weighted by Crippen LogP contribution is -2.30. The first-order chi connectivity index (χ1) is 7.88. The molecule has 3 nitrogen and oxygen atoms in total. The molecule has 0 spiro atoms. The van der Waals surface area contributed by atoms with Crippen molar-refractivity contribution in [3.63, 3.8) is 0 Å². The highest BCUT2D eigenvalue weighted by atomic mass is 32.2. The Bertz CT molecular complexity index is 286. The minimum atomic E-state index is 0.736. The molecule has 1 aromatic rings. The molecule has 1 aromatic heterocycles. The second-order valence-electron chi connectivity index (χ2n) is 4.31. The predicted octanol–water partition coefficient (Wildman–Crippen LogP) is 2.15. The van der Waals surface area contributed by atoms with Gasteiger partial charge in [0, 0.05) is 30.2 Å². The lowest BCUT2D eigenvalue weighted by Gasteiger charge is -2.12. The molecule has 90 valence electrons. The number of rotatable bonds is 6. The molecule has 1 fully saturated rings. The molecule has 0 amide bonds. The standard InChI is InChI=1S/C12H21N3S/c1-2-16-12-5-4-11(10-12)13-7-9-15-8-3-6-14-15/h3,6,8,11-13H,2,4-5,7,9-10H2,1H3. The minimum Gasteiger partial charge on any atom is -0.312 e. The molecule has 4 heteroatoms. The summed E-state index contributed by atoms with van der Waals surface area (Å²) in [5.74, 6) is 1.25. The summed E-state index contributed by atoms with van der Waals surface area (Å²) in [6.45, 7) is 4.27. The van der Waals surface area contributed by atoms with Crippen molar-refractivity contribution in [2.75, 3.05) is 12.3 Å². The van der Waals surface area contributed by atoms with Gasteiger partial charge in [0.25, 0.3) is 0 Å². The van der Waals surface area contributed by atoms with Crippen molar-refractivity contribution in [3.05, 3.63) is 18.5 Å². The summed E-state index contributed by atoms with van der Waals surface area (Å²) in [6.07, 6.45) is 7.93. The Hall–Kier alpha value is -0.480. The van der Waals surface area contributed by atoms with Gasteiger partial charge in [-0.3, -0.25) is 4.68 Å². The molecule has 2 atom stereocenters. The lowest BCUT2D eigenvalue weighted by atomic mass is 10.2. The van der Waals surface area contributed by atoms with Crippen LogP contribution in [0, 0.1) is 0 Å². The zero-order valence-electron chi connectivity index (χ0n) is 9.93. The highest BCUT2D eigenvalue weighted by Gasteiger charge is 2.23. The molecule has 1 heterocycles. The van der Waals surface area contributed by atoms with Crippen molar-refractivity contribution in [3.8, 4) is 0 Å². The van der Waals surface area contributed by atoms with Crippen LogP contribution in [0.25, 0.3) is 0 Å². The fraction of sp³-hybridized carbons (Fsp3) is 0.750. The number of nitrogens with one attached hydrogen (secondary N) is 1.